The van der Waals surface area contributed by atoms with Crippen LogP contribution in [0.1, 0.15) is 37.8 Å². The molecule has 19 heavy (non-hydrogen) atoms. The van der Waals surface area contributed by atoms with Crippen molar-refractivity contribution in [3.05, 3.63) is 29.8 Å². The van der Waals surface area contributed by atoms with Crippen LogP contribution in [0.25, 0.3) is 0 Å². The maximum atomic E-state index is 13.3. The lowest BCUT2D eigenvalue weighted by Gasteiger charge is -2.23. The summed E-state index contributed by atoms with van der Waals surface area (Å²) in [5.74, 6) is 0.0404. The molecule has 0 atom stereocenters. The number of pyridine rings is 1. The topological polar surface area (TPSA) is 63.3 Å². The first kappa shape index (κ1) is 16.1. The third kappa shape index (κ3) is 5.30. The van der Waals surface area contributed by atoms with E-state index in [0.717, 1.165) is 12.8 Å². The Morgan fingerprint density at radius 2 is 2.16 bits per heavy atom. The summed E-state index contributed by atoms with van der Waals surface area (Å²) in [6.45, 7) is 0.179. The summed E-state index contributed by atoms with van der Waals surface area (Å²) in [5, 5.41) is 3.19. The fourth-order valence-corrected chi connectivity index (χ4v) is 2.20. The van der Waals surface area contributed by atoms with Crippen LogP contribution in [-0.2, 0) is 6.54 Å². The third-order valence-corrected chi connectivity index (χ3v) is 3.19. The Bertz CT molecular complexity index is 419. The highest BCUT2D eigenvalue weighted by Gasteiger charge is 2.13. The molecule has 0 bridgehead atoms. The van der Waals surface area contributed by atoms with Crippen LogP contribution in [-0.4, -0.2) is 17.0 Å². The SMILES string of the molecule is I.NC(=NCc1ncccc1F)NC1CCCCC1. The van der Waals surface area contributed by atoms with Crippen LogP contribution in [0.4, 0.5) is 4.39 Å². The van der Waals surface area contributed by atoms with Gasteiger partial charge in [0.15, 0.2) is 5.96 Å². The summed E-state index contributed by atoms with van der Waals surface area (Å²) in [4.78, 5) is 8.06. The van der Waals surface area contributed by atoms with Gasteiger partial charge in [-0.2, -0.15) is 0 Å². The molecule has 4 nitrogen and oxygen atoms in total. The van der Waals surface area contributed by atoms with E-state index < -0.39 is 0 Å². The second-order valence-electron chi connectivity index (χ2n) is 4.61. The Kier molecular flexibility index (Phi) is 7.04. The molecule has 1 aliphatic rings. The number of rotatable bonds is 3. The molecule has 1 fully saturated rings. The first-order chi connectivity index (χ1) is 8.75. The monoisotopic (exact) mass is 378 g/mol. The van der Waals surface area contributed by atoms with Crippen LogP contribution in [0.15, 0.2) is 23.3 Å². The molecule has 3 N–H and O–H groups in total. The molecule has 0 aromatic carbocycles. The molecule has 0 amide bonds. The van der Waals surface area contributed by atoms with Gasteiger partial charge in [-0.1, -0.05) is 19.3 Å². The van der Waals surface area contributed by atoms with Crippen molar-refractivity contribution in [1.82, 2.24) is 10.3 Å². The zero-order chi connectivity index (χ0) is 12.8. The van der Waals surface area contributed by atoms with Crippen LogP contribution in [0.5, 0.6) is 0 Å². The molecule has 1 aliphatic carbocycles. The van der Waals surface area contributed by atoms with Crippen LogP contribution >= 0.6 is 24.0 Å². The predicted molar refractivity (Wildman–Crippen MR) is 84.9 cm³/mol. The van der Waals surface area contributed by atoms with E-state index in [1.54, 1.807) is 12.3 Å². The molecule has 106 valence electrons. The minimum Gasteiger partial charge on any atom is -0.370 e. The van der Waals surface area contributed by atoms with Crippen molar-refractivity contribution in [2.24, 2.45) is 10.7 Å². The molecule has 2 rings (SSSR count). The summed E-state index contributed by atoms with van der Waals surface area (Å²) in [7, 11) is 0. The van der Waals surface area contributed by atoms with Gasteiger partial charge in [0.2, 0.25) is 0 Å². The Morgan fingerprint density at radius 1 is 1.42 bits per heavy atom. The maximum absolute atomic E-state index is 13.3. The molecule has 1 aromatic heterocycles. The summed E-state index contributed by atoms with van der Waals surface area (Å²) in [6, 6.07) is 3.35. The van der Waals surface area contributed by atoms with E-state index in [2.05, 4.69) is 15.3 Å². The van der Waals surface area contributed by atoms with Crippen molar-refractivity contribution in [2.75, 3.05) is 0 Å². The molecule has 0 saturated heterocycles. The van der Waals surface area contributed by atoms with Gasteiger partial charge in [0, 0.05) is 12.2 Å². The molecule has 6 heteroatoms. The summed E-state index contributed by atoms with van der Waals surface area (Å²) >= 11 is 0. The lowest BCUT2D eigenvalue weighted by molar-refractivity contribution is 0.412. The highest BCUT2D eigenvalue weighted by atomic mass is 127. The van der Waals surface area contributed by atoms with Crippen molar-refractivity contribution in [2.45, 2.75) is 44.7 Å². The number of guanidine groups is 1. The number of nitrogens with one attached hydrogen (secondary N) is 1. The van der Waals surface area contributed by atoms with Gasteiger partial charge in [-0.15, -0.1) is 24.0 Å². The van der Waals surface area contributed by atoms with E-state index in [0.29, 0.717) is 17.7 Å². The Labute approximate surface area is 130 Å². The second-order valence-corrected chi connectivity index (χ2v) is 4.61. The third-order valence-electron chi connectivity index (χ3n) is 3.19. The van der Waals surface area contributed by atoms with Gasteiger partial charge >= 0.3 is 0 Å². The average molecular weight is 378 g/mol. The molecular formula is C13H20FIN4. The highest BCUT2D eigenvalue weighted by molar-refractivity contribution is 14.0. The Balaban J connectivity index is 0.00000180. The standard InChI is InChI=1S/C13H19FN4.HI/c14-11-7-4-8-16-12(11)9-17-13(15)18-10-5-2-1-3-6-10;/h4,7-8,10H,1-3,5-6,9H2,(H3,15,17,18);1H. The van der Waals surface area contributed by atoms with E-state index in [9.17, 15) is 4.39 Å². The molecule has 0 aliphatic heterocycles. The summed E-state index contributed by atoms with van der Waals surface area (Å²) in [6.07, 6.45) is 7.59. The predicted octanol–water partition coefficient (Wildman–Crippen LogP) is 2.58. The number of nitrogens with two attached hydrogens (primary N) is 1. The van der Waals surface area contributed by atoms with Crippen LogP contribution in [0.2, 0.25) is 0 Å². The maximum Gasteiger partial charge on any atom is 0.189 e. The van der Waals surface area contributed by atoms with Crippen molar-refractivity contribution in [3.8, 4) is 0 Å². The van der Waals surface area contributed by atoms with Crippen molar-refractivity contribution >= 4 is 29.9 Å². The van der Waals surface area contributed by atoms with Crippen LogP contribution < -0.4 is 11.1 Å². The minimum atomic E-state index is -0.341. The number of hydrogen-bond donors (Lipinski definition) is 2. The van der Waals surface area contributed by atoms with Gasteiger partial charge in [-0.25, -0.2) is 9.38 Å². The molecular weight excluding hydrogens is 358 g/mol. The number of aliphatic imine (C=N–C) groups is 1. The zero-order valence-corrected chi connectivity index (χ0v) is 13.1. The van der Waals surface area contributed by atoms with Gasteiger partial charge in [0.1, 0.15) is 5.82 Å². The zero-order valence-electron chi connectivity index (χ0n) is 10.8. The molecule has 1 heterocycles. The minimum absolute atomic E-state index is 0. The molecule has 1 saturated carbocycles. The summed E-state index contributed by atoms with van der Waals surface area (Å²) in [5.41, 5.74) is 6.12. The van der Waals surface area contributed by atoms with E-state index in [1.807, 2.05) is 0 Å². The number of aromatic nitrogens is 1. The first-order valence-electron chi connectivity index (χ1n) is 6.41. The smallest absolute Gasteiger partial charge is 0.189 e. The van der Waals surface area contributed by atoms with E-state index >= 15 is 0 Å². The lowest BCUT2D eigenvalue weighted by Crippen LogP contribution is -2.41. The van der Waals surface area contributed by atoms with E-state index in [4.69, 9.17) is 5.73 Å². The fourth-order valence-electron chi connectivity index (χ4n) is 2.20. The van der Waals surface area contributed by atoms with Gasteiger partial charge in [0.05, 0.1) is 12.2 Å². The van der Waals surface area contributed by atoms with E-state index in [1.165, 1.54) is 25.3 Å². The highest BCUT2D eigenvalue weighted by Crippen LogP contribution is 2.17. The van der Waals surface area contributed by atoms with Gasteiger partial charge in [0.25, 0.3) is 0 Å². The number of halogens is 2. The largest absolute Gasteiger partial charge is 0.370 e. The first-order valence-corrected chi connectivity index (χ1v) is 6.41. The second kappa shape index (κ2) is 8.29. The molecule has 0 unspecified atom stereocenters. The van der Waals surface area contributed by atoms with Crippen molar-refractivity contribution < 1.29 is 4.39 Å². The molecule has 0 spiro atoms. The fraction of sp³-hybridized carbons (Fsp3) is 0.538. The Hall–Kier alpha value is -0.920. The van der Waals surface area contributed by atoms with Crippen molar-refractivity contribution in [3.63, 3.8) is 0 Å². The number of hydrogen-bond acceptors (Lipinski definition) is 2. The van der Waals surface area contributed by atoms with Gasteiger partial charge in [-0.3, -0.25) is 4.98 Å². The molecule has 0 radical (unpaired) electrons. The Morgan fingerprint density at radius 3 is 2.84 bits per heavy atom. The van der Waals surface area contributed by atoms with Gasteiger partial charge < -0.3 is 11.1 Å². The lowest BCUT2D eigenvalue weighted by atomic mass is 9.96. The van der Waals surface area contributed by atoms with Crippen LogP contribution in [0, 0.1) is 5.82 Å². The normalized spacial score (nSPS) is 16.8. The summed E-state index contributed by atoms with van der Waals surface area (Å²) < 4.78 is 13.3. The van der Waals surface area contributed by atoms with Crippen LogP contribution in [0.3, 0.4) is 0 Å². The quantitative estimate of drug-likeness (QED) is 0.483. The van der Waals surface area contributed by atoms with Crippen molar-refractivity contribution in [1.29, 1.82) is 0 Å². The molecule has 1 aromatic rings. The average Bonchev–Trinajstić information content (AvgIpc) is 2.39. The number of nitrogens with zero attached hydrogens (tertiary/aromatic N) is 2. The van der Waals surface area contributed by atoms with E-state index in [-0.39, 0.29) is 36.3 Å². The van der Waals surface area contributed by atoms with Gasteiger partial charge in [-0.05, 0) is 25.0 Å².